The van der Waals surface area contributed by atoms with Crippen molar-refractivity contribution < 1.29 is 9.47 Å². The second kappa shape index (κ2) is 13.6. The molecule has 0 aromatic carbocycles. The van der Waals surface area contributed by atoms with Crippen LogP contribution in [0, 0.1) is 0 Å². The van der Waals surface area contributed by atoms with Gasteiger partial charge in [0, 0.05) is 6.54 Å². The van der Waals surface area contributed by atoms with Gasteiger partial charge in [0.1, 0.15) is 0 Å². The van der Waals surface area contributed by atoms with E-state index in [-0.39, 0.29) is 0 Å². The fourth-order valence-electron chi connectivity index (χ4n) is 2.52. The molecule has 1 N–H and O–H groups in total. The summed E-state index contributed by atoms with van der Waals surface area (Å²) in [5, 5.41) is 3.20. The number of allylic oxidation sites excluding steroid dienone is 1. The van der Waals surface area contributed by atoms with E-state index in [1.165, 1.54) is 57.8 Å². The first-order valence-electron chi connectivity index (χ1n) is 9.37. The molecule has 0 aromatic heterocycles. The van der Waals surface area contributed by atoms with Crippen molar-refractivity contribution in [3.63, 3.8) is 0 Å². The van der Waals surface area contributed by atoms with Crippen LogP contribution in [0.3, 0.4) is 0 Å². The highest BCUT2D eigenvalue weighted by Crippen LogP contribution is 2.12. The Morgan fingerprint density at radius 1 is 1.04 bits per heavy atom. The van der Waals surface area contributed by atoms with Crippen LogP contribution in [0.15, 0.2) is 48.1 Å². The normalized spacial score (nSPS) is 12.4. The van der Waals surface area contributed by atoms with Crippen LogP contribution < -0.4 is 5.32 Å². The van der Waals surface area contributed by atoms with Gasteiger partial charge in [0.2, 0.25) is 0 Å². The highest BCUT2D eigenvalue weighted by molar-refractivity contribution is 5.17. The predicted octanol–water partition coefficient (Wildman–Crippen LogP) is 5.72. The molecule has 0 atom stereocenters. The molecule has 134 valence electrons. The summed E-state index contributed by atoms with van der Waals surface area (Å²) in [6.45, 7) is 11.0. The van der Waals surface area contributed by atoms with E-state index in [2.05, 4.69) is 36.9 Å². The minimum Gasteiger partial charge on any atom is -0.471 e. The van der Waals surface area contributed by atoms with Gasteiger partial charge in [0.25, 0.3) is 0 Å². The van der Waals surface area contributed by atoms with E-state index in [9.17, 15) is 0 Å². The van der Waals surface area contributed by atoms with Gasteiger partial charge in [-0.05, 0) is 30.5 Å². The lowest BCUT2D eigenvalue weighted by Crippen LogP contribution is -2.17. The van der Waals surface area contributed by atoms with Gasteiger partial charge in [-0.2, -0.15) is 0 Å². The lowest BCUT2D eigenvalue weighted by atomic mass is 10.1. The van der Waals surface area contributed by atoms with Crippen LogP contribution >= 0.6 is 0 Å². The predicted molar refractivity (Wildman–Crippen MR) is 100 cm³/mol. The van der Waals surface area contributed by atoms with Crippen LogP contribution in [0.5, 0.6) is 0 Å². The molecule has 0 saturated heterocycles. The van der Waals surface area contributed by atoms with E-state index in [1.807, 2.05) is 0 Å². The second-order valence-electron chi connectivity index (χ2n) is 6.16. The number of hydrogen-bond donors (Lipinski definition) is 1. The van der Waals surface area contributed by atoms with Gasteiger partial charge >= 0.3 is 0 Å². The zero-order valence-electron chi connectivity index (χ0n) is 15.3. The fraction of sp³-hybridized carbons (Fsp3) is 0.619. The maximum Gasteiger partial charge on any atom is 0.193 e. The first-order valence-corrected chi connectivity index (χ1v) is 9.37. The van der Waals surface area contributed by atoms with Crippen molar-refractivity contribution in [1.82, 2.24) is 5.32 Å². The maximum atomic E-state index is 5.49. The van der Waals surface area contributed by atoms with Gasteiger partial charge in [-0.3, -0.25) is 0 Å². The van der Waals surface area contributed by atoms with Crippen molar-refractivity contribution in [3.8, 4) is 0 Å². The zero-order valence-corrected chi connectivity index (χ0v) is 15.3. The molecule has 24 heavy (non-hydrogen) atoms. The summed E-state index contributed by atoms with van der Waals surface area (Å²) < 4.78 is 10.9. The van der Waals surface area contributed by atoms with Gasteiger partial charge < -0.3 is 14.8 Å². The number of ether oxygens (including phenoxy) is 2. The van der Waals surface area contributed by atoms with E-state index < -0.39 is 0 Å². The van der Waals surface area contributed by atoms with Crippen LogP contribution in [-0.4, -0.2) is 13.2 Å². The molecular weight excluding hydrogens is 298 g/mol. The zero-order chi connectivity index (χ0) is 17.5. The summed E-state index contributed by atoms with van der Waals surface area (Å²) in [6, 6.07) is 0. The summed E-state index contributed by atoms with van der Waals surface area (Å²) in [5.74, 6) is 1.76. The molecule has 0 bridgehead atoms. The summed E-state index contributed by atoms with van der Waals surface area (Å²) in [4.78, 5) is 0. The maximum absolute atomic E-state index is 5.49. The SMILES string of the molecule is C=CC1=C=C=C(COC(=C)NCCCCCCCCCCCC)O1. The van der Waals surface area contributed by atoms with Crippen molar-refractivity contribution >= 4 is 0 Å². The Labute approximate surface area is 147 Å². The molecule has 1 aliphatic heterocycles. The Bertz CT molecular complexity index is 480. The lowest BCUT2D eigenvalue weighted by Gasteiger charge is -2.11. The number of hydrogen-bond acceptors (Lipinski definition) is 3. The summed E-state index contributed by atoms with van der Waals surface area (Å²) in [7, 11) is 0. The van der Waals surface area contributed by atoms with E-state index in [0.717, 1.165) is 13.0 Å². The number of rotatable bonds is 16. The van der Waals surface area contributed by atoms with E-state index in [0.29, 0.717) is 24.0 Å². The van der Waals surface area contributed by atoms with Crippen molar-refractivity contribution in [2.24, 2.45) is 0 Å². The fourth-order valence-corrected chi connectivity index (χ4v) is 2.52. The molecule has 1 heterocycles. The summed E-state index contributed by atoms with van der Waals surface area (Å²) in [6.07, 6.45) is 15.0. The molecule has 0 saturated carbocycles. The van der Waals surface area contributed by atoms with Gasteiger partial charge in [-0.1, -0.05) is 71.3 Å². The average Bonchev–Trinajstić information content (AvgIpc) is 3.06. The van der Waals surface area contributed by atoms with Crippen molar-refractivity contribution in [3.05, 3.63) is 48.1 Å². The standard InChI is InChI=1S/C21H33NO2/c1-4-6-7-8-9-10-11-12-13-14-17-22-19(3)23-18-21-16-15-20(5-2)24-21/h5,22H,2-4,6-14,17-18H2,1H3. The summed E-state index contributed by atoms with van der Waals surface area (Å²) >= 11 is 0. The van der Waals surface area contributed by atoms with E-state index in [4.69, 9.17) is 9.47 Å². The van der Waals surface area contributed by atoms with Crippen molar-refractivity contribution in [1.29, 1.82) is 0 Å². The van der Waals surface area contributed by atoms with Crippen LogP contribution in [0.4, 0.5) is 0 Å². The molecule has 3 heteroatoms. The third kappa shape index (κ3) is 10.0. The molecule has 0 spiro atoms. The number of unbranched alkanes of at least 4 members (excludes halogenated alkanes) is 9. The monoisotopic (exact) mass is 331 g/mol. The molecule has 1 rings (SSSR count). The van der Waals surface area contributed by atoms with Crippen LogP contribution in [-0.2, 0) is 9.47 Å². The Morgan fingerprint density at radius 2 is 1.67 bits per heavy atom. The molecular formula is C21H33NO2. The van der Waals surface area contributed by atoms with Crippen LogP contribution in [0.25, 0.3) is 0 Å². The third-order valence-electron chi connectivity index (χ3n) is 3.97. The first-order chi connectivity index (χ1) is 11.8. The molecule has 0 unspecified atom stereocenters. The Kier molecular flexibility index (Phi) is 11.5. The van der Waals surface area contributed by atoms with Gasteiger partial charge in [-0.25, -0.2) is 0 Å². The van der Waals surface area contributed by atoms with Crippen LogP contribution in [0.1, 0.15) is 71.1 Å². The Hall–Kier alpha value is -1.82. The first kappa shape index (κ1) is 20.2. The molecule has 1 aliphatic rings. The minimum absolute atomic E-state index is 0.314. The van der Waals surface area contributed by atoms with Gasteiger partial charge in [-0.15, -0.1) is 0 Å². The molecule has 0 aliphatic carbocycles. The largest absolute Gasteiger partial charge is 0.471 e. The molecule has 3 nitrogen and oxygen atoms in total. The van der Waals surface area contributed by atoms with E-state index >= 15 is 0 Å². The highest BCUT2D eigenvalue weighted by atomic mass is 16.5. The van der Waals surface area contributed by atoms with Crippen molar-refractivity contribution in [2.45, 2.75) is 71.1 Å². The molecule has 0 radical (unpaired) electrons. The topological polar surface area (TPSA) is 30.5 Å². The summed E-state index contributed by atoms with van der Waals surface area (Å²) in [5.41, 5.74) is 5.70. The minimum atomic E-state index is 0.314. The van der Waals surface area contributed by atoms with Gasteiger partial charge in [0.05, 0.1) is 0 Å². The quantitative estimate of drug-likeness (QED) is 0.223. The Morgan fingerprint density at radius 3 is 2.25 bits per heavy atom. The van der Waals surface area contributed by atoms with Crippen LogP contribution in [0.2, 0.25) is 0 Å². The lowest BCUT2D eigenvalue weighted by molar-refractivity contribution is 0.167. The Balaban J connectivity index is 1.87. The highest BCUT2D eigenvalue weighted by Gasteiger charge is 2.06. The number of nitrogens with one attached hydrogen (secondary N) is 1. The average molecular weight is 332 g/mol. The third-order valence-corrected chi connectivity index (χ3v) is 3.97. The molecule has 0 aromatic rings. The van der Waals surface area contributed by atoms with E-state index in [1.54, 1.807) is 6.08 Å². The molecule has 0 amide bonds. The van der Waals surface area contributed by atoms with Crippen molar-refractivity contribution in [2.75, 3.05) is 13.2 Å². The van der Waals surface area contributed by atoms with Gasteiger partial charge in [0.15, 0.2) is 24.0 Å². The molecule has 0 fully saturated rings. The second-order valence-corrected chi connectivity index (χ2v) is 6.16. The smallest absolute Gasteiger partial charge is 0.193 e.